The summed E-state index contributed by atoms with van der Waals surface area (Å²) in [5.74, 6) is 1.74. The number of fused-ring (bicyclic) bond motifs is 2. The summed E-state index contributed by atoms with van der Waals surface area (Å²) in [5, 5.41) is 6.40. The molecule has 3 aromatic heterocycles. The minimum absolute atomic E-state index is 0.00603. The third-order valence-electron chi connectivity index (χ3n) is 6.06. The van der Waals surface area contributed by atoms with Gasteiger partial charge in [0.15, 0.2) is 0 Å². The molecule has 0 radical (unpaired) electrons. The summed E-state index contributed by atoms with van der Waals surface area (Å²) in [7, 11) is 1.63. The zero-order chi connectivity index (χ0) is 22.6. The van der Waals surface area contributed by atoms with Crippen LogP contribution in [0.1, 0.15) is 30.5 Å². The molecule has 0 aliphatic carbocycles. The maximum atomic E-state index is 11.6. The molecule has 0 unspecified atom stereocenters. The van der Waals surface area contributed by atoms with Crippen molar-refractivity contribution in [1.29, 1.82) is 0 Å². The number of nitrogens with zero attached hydrogens (tertiary/aromatic N) is 3. The highest BCUT2D eigenvalue weighted by atomic mass is 32.2. The van der Waals surface area contributed by atoms with Gasteiger partial charge in [-0.05, 0) is 55.5 Å². The Kier molecular flexibility index (Phi) is 6.70. The lowest BCUT2D eigenvalue weighted by atomic mass is 9.98. The minimum atomic E-state index is 0.00603. The Balaban J connectivity index is 1.11. The third kappa shape index (κ3) is 5.26. The SMILES string of the molecule is COc1ccc2nccc(CC[C@@H]3CC[C@@H](NCc4ccc5c(n4)NC(=O)CS5)CO3)c2n1. The summed E-state index contributed by atoms with van der Waals surface area (Å²) in [4.78, 5) is 26.2. The van der Waals surface area contributed by atoms with E-state index < -0.39 is 0 Å². The van der Waals surface area contributed by atoms with Crippen LogP contribution in [0.15, 0.2) is 41.4 Å². The molecule has 1 fully saturated rings. The van der Waals surface area contributed by atoms with Gasteiger partial charge in [0, 0.05) is 24.8 Å². The van der Waals surface area contributed by atoms with Gasteiger partial charge in [-0.1, -0.05) is 0 Å². The zero-order valence-electron chi connectivity index (χ0n) is 18.5. The second-order valence-electron chi connectivity index (χ2n) is 8.33. The topological polar surface area (TPSA) is 98.3 Å². The molecule has 2 N–H and O–H groups in total. The number of hydrogen-bond donors (Lipinski definition) is 2. The van der Waals surface area contributed by atoms with E-state index in [0.717, 1.165) is 47.3 Å². The van der Waals surface area contributed by atoms with Crippen LogP contribution >= 0.6 is 11.8 Å². The van der Waals surface area contributed by atoms with Gasteiger partial charge in [0.1, 0.15) is 5.82 Å². The fourth-order valence-corrected chi connectivity index (χ4v) is 5.00. The fourth-order valence-electron chi connectivity index (χ4n) is 4.24. The van der Waals surface area contributed by atoms with Crippen molar-refractivity contribution >= 4 is 34.5 Å². The summed E-state index contributed by atoms with van der Waals surface area (Å²) in [6, 6.07) is 10.2. The van der Waals surface area contributed by atoms with Crippen molar-refractivity contribution in [2.24, 2.45) is 0 Å². The number of pyridine rings is 3. The lowest BCUT2D eigenvalue weighted by Crippen LogP contribution is -2.39. The number of ether oxygens (including phenoxy) is 2. The monoisotopic (exact) mass is 465 g/mol. The van der Waals surface area contributed by atoms with Gasteiger partial charge in [0.05, 0.1) is 47.2 Å². The van der Waals surface area contributed by atoms with Gasteiger partial charge in [-0.3, -0.25) is 9.78 Å². The highest BCUT2D eigenvalue weighted by Gasteiger charge is 2.22. The van der Waals surface area contributed by atoms with Gasteiger partial charge >= 0.3 is 0 Å². The molecule has 1 saturated heterocycles. The Morgan fingerprint density at radius 2 is 2.15 bits per heavy atom. The van der Waals surface area contributed by atoms with Gasteiger partial charge in [0.25, 0.3) is 0 Å². The first kappa shape index (κ1) is 22.1. The summed E-state index contributed by atoms with van der Waals surface area (Å²) >= 11 is 1.53. The number of amides is 1. The predicted octanol–water partition coefficient (Wildman–Crippen LogP) is 3.35. The first-order chi connectivity index (χ1) is 16.2. The van der Waals surface area contributed by atoms with Crippen molar-refractivity contribution in [3.63, 3.8) is 0 Å². The van der Waals surface area contributed by atoms with Crippen molar-refractivity contribution in [3.8, 4) is 5.88 Å². The molecule has 2 aliphatic rings. The lowest BCUT2D eigenvalue weighted by Gasteiger charge is -2.30. The number of hydrogen-bond acceptors (Lipinski definition) is 8. The molecule has 33 heavy (non-hydrogen) atoms. The molecule has 9 heteroatoms. The van der Waals surface area contributed by atoms with Crippen molar-refractivity contribution in [1.82, 2.24) is 20.3 Å². The summed E-state index contributed by atoms with van der Waals surface area (Å²) < 4.78 is 11.4. The number of anilines is 1. The Morgan fingerprint density at radius 3 is 3.00 bits per heavy atom. The first-order valence-electron chi connectivity index (χ1n) is 11.2. The average molecular weight is 466 g/mol. The van der Waals surface area contributed by atoms with Crippen molar-refractivity contribution in [2.75, 3.05) is 24.8 Å². The van der Waals surface area contributed by atoms with Gasteiger partial charge in [0.2, 0.25) is 11.8 Å². The average Bonchev–Trinajstić information content (AvgIpc) is 2.86. The molecule has 2 atom stereocenters. The highest BCUT2D eigenvalue weighted by molar-refractivity contribution is 8.00. The van der Waals surface area contributed by atoms with Crippen LogP contribution < -0.4 is 15.4 Å². The van der Waals surface area contributed by atoms with Gasteiger partial charge < -0.3 is 20.1 Å². The summed E-state index contributed by atoms with van der Waals surface area (Å²) in [5.41, 5.74) is 3.88. The molecule has 2 aliphatic heterocycles. The fraction of sp³-hybridized carbons (Fsp3) is 0.417. The van der Waals surface area contributed by atoms with Crippen LogP contribution in [0.2, 0.25) is 0 Å². The molecular formula is C24H27N5O3S. The van der Waals surface area contributed by atoms with Crippen LogP contribution in [-0.2, 0) is 22.5 Å². The van der Waals surface area contributed by atoms with Crippen LogP contribution in [0.3, 0.4) is 0 Å². The molecule has 3 aromatic rings. The number of rotatable bonds is 7. The van der Waals surface area contributed by atoms with E-state index in [1.165, 1.54) is 17.3 Å². The first-order valence-corrected chi connectivity index (χ1v) is 12.2. The van der Waals surface area contributed by atoms with Crippen LogP contribution in [0.25, 0.3) is 11.0 Å². The number of aryl methyl sites for hydroxylation is 1. The lowest BCUT2D eigenvalue weighted by molar-refractivity contribution is -0.113. The number of methoxy groups -OCH3 is 1. The van der Waals surface area contributed by atoms with E-state index in [1.807, 2.05) is 36.5 Å². The molecule has 8 nitrogen and oxygen atoms in total. The highest BCUT2D eigenvalue weighted by Crippen LogP contribution is 2.30. The summed E-state index contributed by atoms with van der Waals surface area (Å²) in [6.07, 6.45) is 6.00. The number of thioether (sulfide) groups is 1. The van der Waals surface area contributed by atoms with E-state index in [1.54, 1.807) is 7.11 Å². The largest absolute Gasteiger partial charge is 0.481 e. The van der Waals surface area contributed by atoms with Crippen LogP contribution in [0, 0.1) is 0 Å². The zero-order valence-corrected chi connectivity index (χ0v) is 19.4. The standard InChI is InChI=1S/C24H27N5O3S/c1-31-22-9-7-19-23(29-22)15(10-11-25-19)2-5-18-6-3-17(13-32-18)26-12-16-4-8-20-24(27-16)28-21(30)14-33-20/h4,7-11,17-18,26H,2-3,5-6,12-14H2,1H3,(H,27,28,30)/t17-,18-/m1/s1. The van der Waals surface area contributed by atoms with Crippen molar-refractivity contribution in [2.45, 2.75) is 49.3 Å². The molecule has 5 heterocycles. The van der Waals surface area contributed by atoms with Gasteiger partial charge in [-0.15, -0.1) is 11.8 Å². The number of aromatic nitrogens is 3. The Labute approximate surface area is 196 Å². The molecule has 0 bridgehead atoms. The van der Waals surface area contributed by atoms with E-state index in [4.69, 9.17) is 9.47 Å². The number of carbonyl (C=O) groups excluding carboxylic acids is 1. The van der Waals surface area contributed by atoms with E-state index in [9.17, 15) is 4.79 Å². The molecule has 1 amide bonds. The number of carbonyl (C=O) groups is 1. The quantitative estimate of drug-likeness (QED) is 0.548. The van der Waals surface area contributed by atoms with Crippen molar-refractivity contribution in [3.05, 3.63) is 47.8 Å². The Hall–Kier alpha value is -2.75. The smallest absolute Gasteiger partial charge is 0.235 e. The third-order valence-corrected chi connectivity index (χ3v) is 7.11. The normalized spacial score (nSPS) is 20.3. The Morgan fingerprint density at radius 1 is 1.21 bits per heavy atom. The van der Waals surface area contributed by atoms with E-state index in [2.05, 4.69) is 25.6 Å². The van der Waals surface area contributed by atoms with Crippen LogP contribution in [0.4, 0.5) is 5.82 Å². The van der Waals surface area contributed by atoms with E-state index >= 15 is 0 Å². The van der Waals surface area contributed by atoms with Gasteiger partial charge in [-0.25, -0.2) is 9.97 Å². The molecule has 0 aromatic carbocycles. The number of nitrogens with one attached hydrogen (secondary N) is 2. The second-order valence-corrected chi connectivity index (χ2v) is 9.34. The molecule has 5 rings (SSSR count). The Bertz CT molecular complexity index is 1150. The maximum absolute atomic E-state index is 11.6. The van der Waals surface area contributed by atoms with E-state index in [0.29, 0.717) is 36.6 Å². The summed E-state index contributed by atoms with van der Waals surface area (Å²) in [6.45, 7) is 1.34. The molecule has 172 valence electrons. The molecule has 0 saturated carbocycles. The molecular weight excluding hydrogens is 438 g/mol. The van der Waals surface area contributed by atoms with Gasteiger partial charge in [-0.2, -0.15) is 0 Å². The van der Waals surface area contributed by atoms with Crippen molar-refractivity contribution < 1.29 is 14.3 Å². The van der Waals surface area contributed by atoms with Crippen LogP contribution in [0.5, 0.6) is 5.88 Å². The second kappa shape index (κ2) is 10.0. The predicted molar refractivity (Wildman–Crippen MR) is 128 cm³/mol. The van der Waals surface area contributed by atoms with Crippen LogP contribution in [-0.4, -0.2) is 52.5 Å². The minimum Gasteiger partial charge on any atom is -0.481 e. The molecule has 0 spiro atoms. The maximum Gasteiger partial charge on any atom is 0.235 e. The van der Waals surface area contributed by atoms with E-state index in [-0.39, 0.29) is 12.0 Å².